The van der Waals surface area contributed by atoms with Gasteiger partial charge in [-0.25, -0.2) is 20.4 Å². The highest BCUT2D eigenvalue weighted by molar-refractivity contribution is 9.10. The lowest BCUT2D eigenvalue weighted by Crippen LogP contribution is -2.19. The topological polar surface area (TPSA) is 136 Å². The number of aryl methyl sites for hydroxylation is 2. The molecule has 0 aromatic heterocycles. The fourth-order valence-electron chi connectivity index (χ4n) is 4.60. The fraction of sp³-hybridized carbons (Fsp3) is 0.0526. The highest BCUT2D eigenvalue weighted by Crippen LogP contribution is 2.26. The van der Waals surface area contributed by atoms with Gasteiger partial charge in [-0.2, -0.15) is 10.2 Å². The minimum absolute atomic E-state index is 0.0474. The van der Waals surface area contributed by atoms with Crippen molar-refractivity contribution in [3.8, 4) is 11.5 Å². The first-order chi connectivity index (χ1) is 24.1. The van der Waals surface area contributed by atoms with Crippen LogP contribution < -0.4 is 20.3 Å². The lowest BCUT2D eigenvalue weighted by Gasteiger charge is -2.12. The number of benzene rings is 5. The summed E-state index contributed by atoms with van der Waals surface area (Å²) in [6.45, 7) is 3.76. The molecule has 12 heteroatoms. The smallest absolute Gasteiger partial charge is 0.344 e. The Morgan fingerprint density at radius 1 is 0.560 bits per heavy atom. The van der Waals surface area contributed by atoms with Crippen LogP contribution in [0.15, 0.2) is 128 Å². The Balaban J connectivity index is 1.30. The molecule has 250 valence electrons. The number of carbonyl (C=O) groups excluding carboxylic acids is 4. The van der Waals surface area contributed by atoms with E-state index in [1.165, 1.54) is 24.6 Å². The second kappa shape index (κ2) is 16.6. The Kier molecular flexibility index (Phi) is 11.8. The Bertz CT molecular complexity index is 2010. The van der Waals surface area contributed by atoms with Crippen LogP contribution in [0.25, 0.3) is 0 Å². The van der Waals surface area contributed by atoms with Crippen molar-refractivity contribution >= 4 is 68.0 Å². The Morgan fingerprint density at radius 2 is 0.980 bits per heavy atom. The molecule has 0 aliphatic rings. The molecule has 0 spiro atoms. The molecule has 5 aromatic rings. The van der Waals surface area contributed by atoms with Crippen LogP contribution in [0.1, 0.15) is 63.7 Å². The molecule has 5 aromatic carbocycles. The Hall–Kier alpha value is -5.72. The van der Waals surface area contributed by atoms with E-state index >= 15 is 0 Å². The minimum atomic E-state index is -0.824. The lowest BCUT2D eigenvalue weighted by atomic mass is 10.1. The number of amides is 2. The second-order valence-electron chi connectivity index (χ2n) is 10.8. The van der Waals surface area contributed by atoms with Crippen molar-refractivity contribution in [3.05, 3.63) is 163 Å². The number of nitrogens with zero attached hydrogens (tertiary/aromatic N) is 2. The van der Waals surface area contributed by atoms with Gasteiger partial charge in [0, 0.05) is 31.2 Å². The molecule has 0 radical (unpaired) electrons. The van der Waals surface area contributed by atoms with Gasteiger partial charge in [-0.1, -0.05) is 79.4 Å². The molecule has 0 saturated heterocycles. The van der Waals surface area contributed by atoms with Crippen molar-refractivity contribution in [1.82, 2.24) is 10.9 Å². The summed E-state index contributed by atoms with van der Waals surface area (Å²) >= 11 is 6.80. The molecule has 0 atom stereocenters. The molecule has 0 bridgehead atoms. The predicted molar refractivity (Wildman–Crippen MR) is 197 cm³/mol. The van der Waals surface area contributed by atoms with E-state index in [1.54, 1.807) is 84.9 Å². The molecule has 0 saturated carbocycles. The lowest BCUT2D eigenvalue weighted by molar-refractivity contribution is 0.0691. The Morgan fingerprint density at radius 3 is 1.38 bits per heavy atom. The summed E-state index contributed by atoms with van der Waals surface area (Å²) in [5.41, 5.74) is 8.35. The van der Waals surface area contributed by atoms with Crippen molar-refractivity contribution < 1.29 is 28.7 Å². The van der Waals surface area contributed by atoms with Gasteiger partial charge >= 0.3 is 11.9 Å². The molecule has 0 fully saturated rings. The molecular weight excluding hydrogens is 768 g/mol. The summed E-state index contributed by atoms with van der Waals surface area (Å²) in [6, 6.07) is 29.9. The minimum Gasteiger partial charge on any atom is -0.422 e. The molecule has 0 heterocycles. The van der Waals surface area contributed by atoms with E-state index < -0.39 is 23.8 Å². The third kappa shape index (κ3) is 9.46. The third-order valence-electron chi connectivity index (χ3n) is 7.02. The van der Waals surface area contributed by atoms with Crippen LogP contribution in [-0.4, -0.2) is 36.2 Å². The maximum Gasteiger partial charge on any atom is 0.344 e. The van der Waals surface area contributed by atoms with Gasteiger partial charge in [0.2, 0.25) is 0 Å². The van der Waals surface area contributed by atoms with Crippen LogP contribution in [0.4, 0.5) is 0 Å². The van der Waals surface area contributed by atoms with E-state index in [-0.39, 0.29) is 22.6 Å². The highest BCUT2D eigenvalue weighted by Gasteiger charge is 2.22. The zero-order chi connectivity index (χ0) is 35.6. The van der Waals surface area contributed by atoms with Crippen molar-refractivity contribution in [2.45, 2.75) is 13.8 Å². The van der Waals surface area contributed by atoms with Gasteiger partial charge in [0.1, 0.15) is 11.5 Å². The normalized spacial score (nSPS) is 11.0. The Labute approximate surface area is 304 Å². The van der Waals surface area contributed by atoms with Gasteiger partial charge in [-0.3, -0.25) is 9.59 Å². The first kappa shape index (κ1) is 35.6. The molecule has 5 rings (SSSR count). The molecule has 2 amide bonds. The largest absolute Gasteiger partial charge is 0.422 e. The standard InChI is InChI=1S/C38H28Br2N4O6/c1-23-7-5-9-25(17-23)35(45)43-41-21-27-19-29(39)13-15-33(27)49-37(47)31-11-3-4-12-32(31)38(48)50-34-16-14-30(40)20-28(34)22-42-44-36(46)26-10-6-8-24(2)18-26/h3-22H,1-2H3,(H,43,45)(H,44,46)/b41-21+,42-22+. The molecule has 0 unspecified atom stereocenters. The number of halogens is 2. The van der Waals surface area contributed by atoms with E-state index in [1.807, 2.05) is 26.0 Å². The summed E-state index contributed by atoms with van der Waals surface area (Å²) < 4.78 is 12.8. The van der Waals surface area contributed by atoms with Gasteiger partial charge in [0.05, 0.1) is 23.6 Å². The van der Waals surface area contributed by atoms with Crippen LogP contribution in [-0.2, 0) is 0 Å². The molecule has 0 aliphatic carbocycles. The molecule has 50 heavy (non-hydrogen) atoms. The van der Waals surface area contributed by atoms with Crippen LogP contribution in [0.3, 0.4) is 0 Å². The number of hydrogen-bond acceptors (Lipinski definition) is 8. The monoisotopic (exact) mass is 794 g/mol. The van der Waals surface area contributed by atoms with Gasteiger partial charge in [0.25, 0.3) is 11.8 Å². The van der Waals surface area contributed by atoms with E-state index in [4.69, 9.17) is 9.47 Å². The van der Waals surface area contributed by atoms with E-state index in [0.717, 1.165) is 11.1 Å². The van der Waals surface area contributed by atoms with Crippen LogP contribution in [0.2, 0.25) is 0 Å². The molecule has 2 N–H and O–H groups in total. The molecular formula is C38H28Br2N4O6. The first-order valence-corrected chi connectivity index (χ1v) is 16.6. The van der Waals surface area contributed by atoms with Crippen molar-refractivity contribution in [2.24, 2.45) is 10.2 Å². The van der Waals surface area contributed by atoms with Crippen LogP contribution in [0.5, 0.6) is 11.5 Å². The van der Waals surface area contributed by atoms with E-state index in [9.17, 15) is 19.2 Å². The summed E-state index contributed by atoms with van der Waals surface area (Å²) in [5, 5.41) is 8.08. The number of hydrogen-bond donors (Lipinski definition) is 2. The molecule has 0 aliphatic heterocycles. The highest BCUT2D eigenvalue weighted by atomic mass is 79.9. The van der Waals surface area contributed by atoms with Crippen LogP contribution >= 0.6 is 31.9 Å². The van der Waals surface area contributed by atoms with Gasteiger partial charge in [-0.15, -0.1) is 0 Å². The SMILES string of the molecule is Cc1cccc(C(=O)N/N=C/c2cc(Br)ccc2OC(=O)c2ccccc2C(=O)Oc2ccc(Br)cc2/C=N/NC(=O)c2cccc(C)c2)c1. The zero-order valence-corrected chi connectivity index (χ0v) is 29.8. The number of carbonyl (C=O) groups is 4. The summed E-state index contributed by atoms with van der Waals surface area (Å²) in [5.74, 6) is -2.19. The average Bonchev–Trinajstić information content (AvgIpc) is 3.10. The zero-order valence-electron chi connectivity index (χ0n) is 26.6. The number of hydrazone groups is 2. The fourth-order valence-corrected chi connectivity index (χ4v) is 5.36. The predicted octanol–water partition coefficient (Wildman–Crippen LogP) is 7.79. The van der Waals surface area contributed by atoms with Gasteiger partial charge < -0.3 is 9.47 Å². The van der Waals surface area contributed by atoms with Crippen LogP contribution in [0, 0.1) is 13.8 Å². The number of nitrogens with one attached hydrogen (secondary N) is 2. The number of rotatable bonds is 10. The maximum absolute atomic E-state index is 13.5. The quantitative estimate of drug-likeness (QED) is 0.0642. The number of esters is 2. The van der Waals surface area contributed by atoms with Crippen molar-refractivity contribution in [2.75, 3.05) is 0 Å². The first-order valence-electron chi connectivity index (χ1n) is 15.0. The summed E-state index contributed by atoms with van der Waals surface area (Å²) in [6.07, 6.45) is 2.70. The summed E-state index contributed by atoms with van der Waals surface area (Å²) in [7, 11) is 0. The average molecular weight is 796 g/mol. The van der Waals surface area contributed by atoms with E-state index in [2.05, 4.69) is 52.9 Å². The third-order valence-corrected chi connectivity index (χ3v) is 8.00. The van der Waals surface area contributed by atoms with E-state index in [0.29, 0.717) is 31.2 Å². The van der Waals surface area contributed by atoms with Crippen molar-refractivity contribution in [1.29, 1.82) is 0 Å². The second-order valence-corrected chi connectivity index (χ2v) is 12.7. The summed E-state index contributed by atoms with van der Waals surface area (Å²) in [4.78, 5) is 52.0. The van der Waals surface area contributed by atoms with Crippen molar-refractivity contribution in [3.63, 3.8) is 0 Å². The van der Waals surface area contributed by atoms with Gasteiger partial charge in [0.15, 0.2) is 0 Å². The maximum atomic E-state index is 13.5. The molecule has 10 nitrogen and oxygen atoms in total. The number of ether oxygens (including phenoxy) is 2. The van der Waals surface area contributed by atoms with Gasteiger partial charge in [-0.05, 0) is 86.6 Å².